The third kappa shape index (κ3) is 8.64. The number of hydrogen-bond acceptors (Lipinski definition) is 4. The third-order valence-electron chi connectivity index (χ3n) is 3.16. The molecular weight excluding hydrogens is 337 g/mol. The van der Waals surface area contributed by atoms with Crippen molar-refractivity contribution < 1.29 is 27.5 Å². The first kappa shape index (κ1) is 21.1. The van der Waals surface area contributed by atoms with E-state index in [2.05, 4.69) is 5.32 Å². The number of carbonyl (C=O) groups excluding carboxylic acids is 2. The van der Waals surface area contributed by atoms with E-state index in [1.54, 1.807) is 12.1 Å². The molecule has 0 aliphatic heterocycles. The first-order valence-corrected chi connectivity index (χ1v) is 7.73. The van der Waals surface area contributed by atoms with Crippen molar-refractivity contribution in [2.75, 3.05) is 0 Å². The Bertz CT molecular complexity index is 593. The van der Waals surface area contributed by atoms with Crippen molar-refractivity contribution in [3.8, 4) is 0 Å². The molecule has 3 N–H and O–H groups in total. The molecule has 0 aromatic heterocycles. The molecule has 0 saturated heterocycles. The molecule has 1 atom stereocenters. The fourth-order valence-electron chi connectivity index (χ4n) is 1.83. The lowest BCUT2D eigenvalue weighted by Crippen LogP contribution is -2.44. The minimum Gasteiger partial charge on any atom is -0.371 e. The molecule has 0 radical (unpaired) electrons. The van der Waals surface area contributed by atoms with E-state index >= 15 is 0 Å². The smallest absolute Gasteiger partial charge is 0.371 e. The first-order chi connectivity index (χ1) is 11.4. The molecular formula is C17H23F3N2O3. The van der Waals surface area contributed by atoms with E-state index in [9.17, 15) is 22.8 Å². The Morgan fingerprint density at radius 3 is 2.12 bits per heavy atom. The summed E-state index contributed by atoms with van der Waals surface area (Å²) < 4.78 is 42.2. The average molecular weight is 360 g/mol. The van der Waals surface area contributed by atoms with E-state index in [0.717, 1.165) is 5.56 Å². The molecule has 0 fully saturated rings. The lowest BCUT2D eigenvalue weighted by molar-refractivity contribution is -0.150. The predicted octanol–water partition coefficient (Wildman–Crippen LogP) is 2.47. The van der Waals surface area contributed by atoms with E-state index in [0.29, 0.717) is 12.2 Å². The Kier molecular flexibility index (Phi) is 7.13. The SMILES string of the molecule is CC(C)(C)OCc1ccc(CNC(=O)C(=O)C(N)CC(F)(F)F)cc1. The minimum atomic E-state index is -4.60. The van der Waals surface area contributed by atoms with Gasteiger partial charge in [0.15, 0.2) is 0 Å². The van der Waals surface area contributed by atoms with Gasteiger partial charge in [-0.25, -0.2) is 0 Å². The monoisotopic (exact) mass is 360 g/mol. The second kappa shape index (κ2) is 8.44. The van der Waals surface area contributed by atoms with Crippen LogP contribution in [-0.2, 0) is 27.5 Å². The summed E-state index contributed by atoms with van der Waals surface area (Å²) in [4.78, 5) is 23.1. The van der Waals surface area contributed by atoms with Crippen LogP contribution in [0.25, 0.3) is 0 Å². The molecule has 8 heteroatoms. The Hall–Kier alpha value is -1.93. The Morgan fingerprint density at radius 2 is 1.64 bits per heavy atom. The zero-order valence-electron chi connectivity index (χ0n) is 14.4. The van der Waals surface area contributed by atoms with Crippen LogP contribution in [-0.4, -0.2) is 29.5 Å². The second-order valence-electron chi connectivity index (χ2n) is 6.69. The van der Waals surface area contributed by atoms with Gasteiger partial charge in [0.25, 0.3) is 5.91 Å². The van der Waals surface area contributed by atoms with Crippen LogP contribution < -0.4 is 11.1 Å². The van der Waals surface area contributed by atoms with Crippen LogP contribution in [0.3, 0.4) is 0 Å². The number of ketones is 1. The van der Waals surface area contributed by atoms with Crippen LogP contribution in [0.1, 0.15) is 38.3 Å². The summed E-state index contributed by atoms with van der Waals surface area (Å²) in [7, 11) is 0. The van der Waals surface area contributed by atoms with Gasteiger partial charge >= 0.3 is 6.18 Å². The van der Waals surface area contributed by atoms with Crippen LogP contribution >= 0.6 is 0 Å². The van der Waals surface area contributed by atoms with E-state index < -0.39 is 30.3 Å². The standard InChI is InChI=1S/C17H23F3N2O3/c1-16(2,3)25-10-12-6-4-11(5-7-12)9-22-15(24)14(23)13(21)8-17(18,19)20/h4-7,13H,8-10,21H2,1-3H3,(H,22,24). The Morgan fingerprint density at radius 1 is 1.12 bits per heavy atom. The number of amides is 1. The van der Waals surface area contributed by atoms with Crippen molar-refractivity contribution in [2.45, 2.75) is 58.2 Å². The summed E-state index contributed by atoms with van der Waals surface area (Å²) in [5.74, 6) is -2.41. The number of benzene rings is 1. The largest absolute Gasteiger partial charge is 0.391 e. The van der Waals surface area contributed by atoms with Crippen LogP contribution in [0.2, 0.25) is 0 Å². The molecule has 0 aliphatic carbocycles. The maximum Gasteiger partial charge on any atom is 0.391 e. The molecule has 1 aromatic carbocycles. The van der Waals surface area contributed by atoms with Crippen LogP contribution in [0, 0.1) is 0 Å². The number of Topliss-reactive ketones (excluding diaryl/α,β-unsaturated/α-hetero) is 1. The fourth-order valence-corrected chi connectivity index (χ4v) is 1.83. The number of ether oxygens (including phenoxy) is 1. The highest BCUT2D eigenvalue weighted by Gasteiger charge is 2.35. The van der Waals surface area contributed by atoms with E-state index in [1.807, 2.05) is 32.9 Å². The lowest BCUT2D eigenvalue weighted by Gasteiger charge is -2.19. The number of nitrogens with two attached hydrogens (primary N) is 1. The second-order valence-corrected chi connectivity index (χ2v) is 6.69. The number of nitrogens with one attached hydrogen (secondary N) is 1. The van der Waals surface area contributed by atoms with Crippen molar-refractivity contribution in [1.82, 2.24) is 5.32 Å². The number of carbonyl (C=O) groups is 2. The fraction of sp³-hybridized carbons (Fsp3) is 0.529. The van der Waals surface area contributed by atoms with Crippen LogP contribution in [0.5, 0.6) is 0 Å². The van der Waals surface area contributed by atoms with E-state index in [4.69, 9.17) is 10.5 Å². The van der Waals surface area contributed by atoms with Crippen molar-refractivity contribution in [2.24, 2.45) is 5.73 Å². The van der Waals surface area contributed by atoms with Crippen LogP contribution in [0.15, 0.2) is 24.3 Å². The normalized spacial score (nSPS) is 13.4. The minimum absolute atomic E-state index is 0.0176. The van der Waals surface area contributed by atoms with Gasteiger partial charge in [0.1, 0.15) is 0 Å². The summed E-state index contributed by atoms with van der Waals surface area (Å²) in [5, 5.41) is 2.27. The van der Waals surface area contributed by atoms with Gasteiger partial charge in [0, 0.05) is 6.54 Å². The molecule has 1 aromatic rings. The number of halogens is 3. The van der Waals surface area contributed by atoms with Gasteiger partial charge in [0.2, 0.25) is 5.78 Å². The highest BCUT2D eigenvalue weighted by molar-refractivity contribution is 6.38. The molecule has 0 aliphatic rings. The van der Waals surface area contributed by atoms with Gasteiger partial charge in [-0.3, -0.25) is 9.59 Å². The summed E-state index contributed by atoms with van der Waals surface area (Å²) in [6.45, 7) is 6.27. The highest BCUT2D eigenvalue weighted by atomic mass is 19.4. The molecule has 140 valence electrons. The van der Waals surface area contributed by atoms with Crippen molar-refractivity contribution in [3.05, 3.63) is 35.4 Å². The zero-order valence-corrected chi connectivity index (χ0v) is 14.4. The Labute approximate surface area is 144 Å². The lowest BCUT2D eigenvalue weighted by atomic mass is 10.1. The number of hydrogen-bond donors (Lipinski definition) is 2. The molecule has 0 saturated carbocycles. The topological polar surface area (TPSA) is 81.4 Å². The summed E-state index contributed by atoms with van der Waals surface area (Å²) in [6, 6.07) is 5.20. The molecule has 25 heavy (non-hydrogen) atoms. The maximum absolute atomic E-state index is 12.2. The van der Waals surface area contributed by atoms with Crippen molar-refractivity contribution in [3.63, 3.8) is 0 Å². The van der Waals surface area contributed by atoms with Crippen LogP contribution in [0.4, 0.5) is 13.2 Å². The molecule has 1 rings (SSSR count). The van der Waals surface area contributed by atoms with Gasteiger partial charge in [-0.05, 0) is 31.9 Å². The summed E-state index contributed by atoms with van der Waals surface area (Å²) in [5.41, 5.74) is 6.49. The highest BCUT2D eigenvalue weighted by Crippen LogP contribution is 2.21. The van der Waals surface area contributed by atoms with Gasteiger partial charge in [0.05, 0.1) is 24.7 Å². The summed E-state index contributed by atoms with van der Waals surface area (Å²) in [6.07, 6.45) is -6.12. The number of alkyl halides is 3. The molecule has 0 spiro atoms. The first-order valence-electron chi connectivity index (χ1n) is 7.73. The Balaban J connectivity index is 2.49. The zero-order chi connectivity index (χ0) is 19.3. The molecule has 0 heterocycles. The molecule has 0 bridgehead atoms. The van der Waals surface area contributed by atoms with Gasteiger partial charge in [-0.2, -0.15) is 13.2 Å². The third-order valence-corrected chi connectivity index (χ3v) is 3.16. The molecule has 1 unspecified atom stereocenters. The van der Waals surface area contributed by atoms with E-state index in [-0.39, 0.29) is 12.1 Å². The van der Waals surface area contributed by atoms with Gasteiger partial charge in [-0.1, -0.05) is 24.3 Å². The molecule has 1 amide bonds. The van der Waals surface area contributed by atoms with Crippen molar-refractivity contribution in [1.29, 1.82) is 0 Å². The van der Waals surface area contributed by atoms with E-state index in [1.165, 1.54) is 0 Å². The molecule has 5 nitrogen and oxygen atoms in total. The number of rotatable bonds is 7. The summed E-state index contributed by atoms with van der Waals surface area (Å²) >= 11 is 0. The predicted molar refractivity (Wildman–Crippen MR) is 86.5 cm³/mol. The average Bonchev–Trinajstić information content (AvgIpc) is 2.48. The van der Waals surface area contributed by atoms with Gasteiger partial charge < -0.3 is 15.8 Å². The van der Waals surface area contributed by atoms with Gasteiger partial charge in [-0.15, -0.1) is 0 Å². The quantitative estimate of drug-likeness (QED) is 0.732. The maximum atomic E-state index is 12.2. The van der Waals surface area contributed by atoms with Crippen molar-refractivity contribution >= 4 is 11.7 Å².